The minimum Gasteiger partial charge on any atom is -0.497 e. The van der Waals surface area contributed by atoms with Crippen LogP contribution in [0.15, 0.2) is 63.5 Å². The fraction of sp³-hybridized carbons (Fsp3) is 0.200. The van der Waals surface area contributed by atoms with Crippen LogP contribution in [0.1, 0.15) is 11.3 Å². The zero-order valence-corrected chi connectivity index (χ0v) is 16.2. The van der Waals surface area contributed by atoms with E-state index >= 15 is 0 Å². The van der Waals surface area contributed by atoms with Crippen LogP contribution in [0.3, 0.4) is 0 Å². The maximum Gasteiger partial charge on any atom is 0.135 e. The van der Waals surface area contributed by atoms with Crippen molar-refractivity contribution in [2.24, 2.45) is 0 Å². The number of hydrogen-bond acceptors (Lipinski definition) is 3. The summed E-state index contributed by atoms with van der Waals surface area (Å²) in [6.45, 7) is 1.56. The Morgan fingerprint density at radius 2 is 1.88 bits per heavy atom. The molecule has 1 N–H and O–H groups in total. The van der Waals surface area contributed by atoms with E-state index in [1.54, 1.807) is 7.11 Å². The van der Waals surface area contributed by atoms with E-state index in [4.69, 9.17) is 20.8 Å². The maximum absolute atomic E-state index is 6.27. The van der Waals surface area contributed by atoms with Gasteiger partial charge in [-0.3, -0.25) is 0 Å². The Hall–Kier alpha value is -1.75. The van der Waals surface area contributed by atoms with Gasteiger partial charge in [0.25, 0.3) is 0 Å². The molecule has 0 unspecified atom stereocenters. The minimum atomic E-state index is 0.669. The molecule has 3 nitrogen and oxygen atoms in total. The van der Waals surface area contributed by atoms with Crippen LogP contribution in [-0.4, -0.2) is 13.7 Å². The van der Waals surface area contributed by atoms with Gasteiger partial charge in [0, 0.05) is 10.0 Å². The lowest BCUT2D eigenvalue weighted by atomic mass is 10.1. The molecule has 0 spiro atoms. The van der Waals surface area contributed by atoms with Gasteiger partial charge in [-0.25, -0.2) is 0 Å². The lowest BCUT2D eigenvalue weighted by Gasteiger charge is -2.05. The highest BCUT2D eigenvalue weighted by Crippen LogP contribution is 2.31. The molecule has 0 aliphatic carbocycles. The molecular weight excluding hydrogens is 402 g/mol. The van der Waals surface area contributed by atoms with Crippen molar-refractivity contribution in [1.82, 2.24) is 5.32 Å². The molecule has 0 fully saturated rings. The Labute approximate surface area is 161 Å². The van der Waals surface area contributed by atoms with E-state index in [0.29, 0.717) is 11.6 Å². The van der Waals surface area contributed by atoms with Gasteiger partial charge in [-0.1, -0.05) is 39.7 Å². The minimum absolute atomic E-state index is 0.669. The zero-order valence-electron chi connectivity index (χ0n) is 13.9. The highest BCUT2D eigenvalue weighted by molar-refractivity contribution is 9.10. The first kappa shape index (κ1) is 18.1. The average Bonchev–Trinajstić information content (AvgIpc) is 3.08. The fourth-order valence-corrected chi connectivity index (χ4v) is 3.31. The standard InChI is InChI=1S/C20H19BrClNO2/c1-24-16-5-2-14(3-6-16)10-11-23-13-17-7-9-20(25-17)18-8-4-15(21)12-19(18)22/h2-9,12,23H,10-11,13H2,1H3. The van der Waals surface area contributed by atoms with Gasteiger partial charge in [0.1, 0.15) is 17.3 Å². The monoisotopic (exact) mass is 419 g/mol. The van der Waals surface area contributed by atoms with Crippen LogP contribution in [-0.2, 0) is 13.0 Å². The van der Waals surface area contributed by atoms with Gasteiger partial charge in [-0.2, -0.15) is 0 Å². The van der Waals surface area contributed by atoms with E-state index < -0.39 is 0 Å². The van der Waals surface area contributed by atoms with Crippen LogP contribution in [0, 0.1) is 0 Å². The summed E-state index contributed by atoms with van der Waals surface area (Å²) >= 11 is 9.69. The van der Waals surface area contributed by atoms with Gasteiger partial charge in [-0.15, -0.1) is 0 Å². The zero-order chi connectivity index (χ0) is 17.6. The molecule has 0 amide bonds. The number of furan rings is 1. The summed E-state index contributed by atoms with van der Waals surface area (Å²) in [6, 6.07) is 17.8. The molecule has 130 valence electrons. The summed E-state index contributed by atoms with van der Waals surface area (Å²) in [5, 5.41) is 4.07. The molecule has 1 aromatic heterocycles. The Bertz CT molecular complexity index is 830. The highest BCUT2D eigenvalue weighted by atomic mass is 79.9. The molecule has 0 aliphatic rings. The van der Waals surface area contributed by atoms with E-state index in [2.05, 4.69) is 33.4 Å². The fourth-order valence-electron chi connectivity index (χ4n) is 2.54. The van der Waals surface area contributed by atoms with Crippen LogP contribution in [0.25, 0.3) is 11.3 Å². The van der Waals surface area contributed by atoms with E-state index in [1.807, 2.05) is 42.5 Å². The lowest BCUT2D eigenvalue weighted by molar-refractivity contribution is 0.414. The Kier molecular flexibility index (Phi) is 6.19. The average molecular weight is 421 g/mol. The van der Waals surface area contributed by atoms with Gasteiger partial charge in [0.2, 0.25) is 0 Å². The molecule has 25 heavy (non-hydrogen) atoms. The lowest BCUT2D eigenvalue weighted by Crippen LogP contribution is -2.16. The largest absolute Gasteiger partial charge is 0.497 e. The van der Waals surface area contributed by atoms with E-state index in [9.17, 15) is 0 Å². The summed E-state index contributed by atoms with van der Waals surface area (Å²) in [5.41, 5.74) is 2.17. The second-order valence-corrected chi connectivity index (χ2v) is 6.99. The molecule has 0 aliphatic heterocycles. The van der Waals surface area contributed by atoms with Gasteiger partial charge in [-0.05, 0) is 61.0 Å². The van der Waals surface area contributed by atoms with Crippen molar-refractivity contribution in [2.75, 3.05) is 13.7 Å². The molecule has 0 saturated heterocycles. The van der Waals surface area contributed by atoms with Crippen molar-refractivity contribution in [3.63, 3.8) is 0 Å². The predicted molar refractivity (Wildman–Crippen MR) is 105 cm³/mol. The Morgan fingerprint density at radius 3 is 2.60 bits per heavy atom. The summed E-state index contributed by atoms with van der Waals surface area (Å²) in [6.07, 6.45) is 0.954. The van der Waals surface area contributed by atoms with Crippen molar-refractivity contribution in [3.8, 4) is 17.1 Å². The summed E-state index contributed by atoms with van der Waals surface area (Å²) in [7, 11) is 1.68. The first-order valence-corrected chi connectivity index (χ1v) is 9.20. The summed E-state index contributed by atoms with van der Waals surface area (Å²) < 4.78 is 12.0. The van der Waals surface area contributed by atoms with Crippen LogP contribution < -0.4 is 10.1 Å². The van der Waals surface area contributed by atoms with Crippen molar-refractivity contribution in [2.45, 2.75) is 13.0 Å². The van der Waals surface area contributed by atoms with Crippen molar-refractivity contribution < 1.29 is 9.15 Å². The molecule has 0 saturated carbocycles. The van der Waals surface area contributed by atoms with Gasteiger partial charge >= 0.3 is 0 Å². The smallest absolute Gasteiger partial charge is 0.135 e. The maximum atomic E-state index is 6.27. The third-order valence-electron chi connectivity index (χ3n) is 3.91. The number of ether oxygens (including phenoxy) is 1. The van der Waals surface area contributed by atoms with E-state index in [1.165, 1.54) is 5.56 Å². The number of nitrogens with one attached hydrogen (secondary N) is 1. The molecular formula is C20H19BrClNO2. The third-order valence-corrected chi connectivity index (χ3v) is 4.71. The van der Waals surface area contributed by atoms with Crippen molar-refractivity contribution >= 4 is 27.5 Å². The Balaban J connectivity index is 1.51. The predicted octanol–water partition coefficient (Wildman–Crippen LogP) is 5.70. The van der Waals surface area contributed by atoms with Crippen LogP contribution in [0.4, 0.5) is 0 Å². The molecule has 2 aromatic carbocycles. The summed E-state index contributed by atoms with van der Waals surface area (Å²) in [5.74, 6) is 2.56. The quantitative estimate of drug-likeness (QED) is 0.498. The number of hydrogen-bond donors (Lipinski definition) is 1. The first-order valence-electron chi connectivity index (χ1n) is 8.03. The van der Waals surface area contributed by atoms with Gasteiger partial charge < -0.3 is 14.5 Å². The first-order chi connectivity index (χ1) is 12.2. The number of halogens is 2. The van der Waals surface area contributed by atoms with Gasteiger partial charge in [0.15, 0.2) is 0 Å². The summed E-state index contributed by atoms with van der Waals surface area (Å²) in [4.78, 5) is 0. The normalized spacial score (nSPS) is 10.8. The SMILES string of the molecule is COc1ccc(CCNCc2ccc(-c3ccc(Br)cc3Cl)o2)cc1. The number of rotatable bonds is 7. The molecule has 0 bridgehead atoms. The van der Waals surface area contributed by atoms with Gasteiger partial charge in [0.05, 0.1) is 18.7 Å². The van der Waals surface area contributed by atoms with Crippen molar-refractivity contribution in [1.29, 1.82) is 0 Å². The number of methoxy groups -OCH3 is 1. The molecule has 1 heterocycles. The molecule has 0 radical (unpaired) electrons. The second-order valence-electron chi connectivity index (χ2n) is 5.66. The third kappa shape index (κ3) is 4.88. The van der Waals surface area contributed by atoms with Crippen LogP contribution in [0.2, 0.25) is 5.02 Å². The number of benzene rings is 2. The molecule has 0 atom stereocenters. The van der Waals surface area contributed by atoms with Crippen LogP contribution >= 0.6 is 27.5 Å². The van der Waals surface area contributed by atoms with E-state index in [-0.39, 0.29) is 0 Å². The Morgan fingerprint density at radius 1 is 1.08 bits per heavy atom. The second kappa shape index (κ2) is 8.56. The molecule has 3 aromatic rings. The van der Waals surface area contributed by atoms with E-state index in [0.717, 1.165) is 40.3 Å². The molecule has 5 heteroatoms. The molecule has 3 rings (SSSR count). The van der Waals surface area contributed by atoms with Crippen LogP contribution in [0.5, 0.6) is 5.75 Å². The highest BCUT2D eigenvalue weighted by Gasteiger charge is 2.09. The topological polar surface area (TPSA) is 34.4 Å². The van der Waals surface area contributed by atoms with Crippen molar-refractivity contribution in [3.05, 3.63) is 75.4 Å².